The smallest absolute Gasteiger partial charge is 0.138 e. The molecular weight excluding hydrogens is 354 g/mol. The zero-order chi connectivity index (χ0) is 18.6. The molecule has 0 aliphatic rings. The maximum atomic E-state index is 5.30. The molecule has 4 rings (SSSR count). The van der Waals surface area contributed by atoms with Crippen LogP contribution in [0.4, 0.5) is 5.82 Å². The van der Waals surface area contributed by atoms with Crippen LogP contribution in [-0.4, -0.2) is 17.1 Å². The molecule has 2 aromatic heterocycles. The number of fused-ring (bicyclic) bond motifs is 1. The van der Waals surface area contributed by atoms with Gasteiger partial charge in [0.15, 0.2) is 0 Å². The molecule has 0 aliphatic heterocycles. The Labute approximate surface area is 162 Å². The van der Waals surface area contributed by atoms with Crippen molar-refractivity contribution in [1.29, 1.82) is 0 Å². The fraction of sp³-hybridized carbons (Fsp3) is 0.182. The first-order valence-corrected chi connectivity index (χ1v) is 9.71. The summed E-state index contributed by atoms with van der Waals surface area (Å²) in [5.41, 5.74) is 2.46. The molecule has 0 saturated carbocycles. The predicted octanol–water partition coefficient (Wildman–Crippen LogP) is 5.21. The average molecular weight is 375 g/mol. The molecule has 136 valence electrons. The molecule has 0 aliphatic carbocycles. The molecule has 5 heteroatoms. The van der Waals surface area contributed by atoms with E-state index < -0.39 is 0 Å². The van der Waals surface area contributed by atoms with Crippen LogP contribution < -0.4 is 10.1 Å². The van der Waals surface area contributed by atoms with Gasteiger partial charge < -0.3 is 10.1 Å². The number of nitrogens with zero attached hydrogens (tertiary/aromatic N) is 2. The molecule has 0 radical (unpaired) electrons. The lowest BCUT2D eigenvalue weighted by Gasteiger charge is -2.09. The minimum absolute atomic E-state index is 0.687. The van der Waals surface area contributed by atoms with Gasteiger partial charge in [0, 0.05) is 17.8 Å². The van der Waals surface area contributed by atoms with E-state index in [4.69, 9.17) is 4.74 Å². The van der Waals surface area contributed by atoms with E-state index in [-0.39, 0.29) is 0 Å². The van der Waals surface area contributed by atoms with Gasteiger partial charge in [-0.05, 0) is 36.2 Å². The van der Waals surface area contributed by atoms with Crippen molar-refractivity contribution in [1.82, 2.24) is 9.97 Å². The third kappa shape index (κ3) is 4.09. The van der Waals surface area contributed by atoms with E-state index in [0.717, 1.165) is 39.6 Å². The molecule has 4 aromatic rings. The predicted molar refractivity (Wildman–Crippen MR) is 112 cm³/mol. The van der Waals surface area contributed by atoms with Crippen LogP contribution in [0.25, 0.3) is 10.2 Å². The van der Waals surface area contributed by atoms with Gasteiger partial charge in [-0.3, -0.25) is 0 Å². The third-order valence-corrected chi connectivity index (χ3v) is 5.40. The second kappa shape index (κ2) is 7.76. The number of hydrogen-bond donors (Lipinski definition) is 1. The number of rotatable bonds is 6. The number of ether oxygens (including phenoxy) is 1. The maximum absolute atomic E-state index is 5.30. The molecule has 2 heterocycles. The van der Waals surface area contributed by atoms with Gasteiger partial charge in [0.05, 0.1) is 12.5 Å². The molecule has 0 fully saturated rings. The average Bonchev–Trinajstić information content (AvgIpc) is 3.09. The maximum Gasteiger partial charge on any atom is 0.138 e. The minimum atomic E-state index is 0.687. The lowest BCUT2D eigenvalue weighted by molar-refractivity contribution is 0.414. The molecule has 0 unspecified atom stereocenters. The second-order valence-corrected chi connectivity index (χ2v) is 7.53. The summed E-state index contributed by atoms with van der Waals surface area (Å²) in [4.78, 5) is 11.6. The van der Waals surface area contributed by atoms with Gasteiger partial charge in [-0.2, -0.15) is 0 Å². The Kier molecular flexibility index (Phi) is 5.03. The Morgan fingerprint density at radius 2 is 1.78 bits per heavy atom. The van der Waals surface area contributed by atoms with Gasteiger partial charge in [0.25, 0.3) is 0 Å². The first-order chi connectivity index (χ1) is 13.2. The van der Waals surface area contributed by atoms with Gasteiger partial charge in [-0.15, -0.1) is 11.3 Å². The first-order valence-electron chi connectivity index (χ1n) is 8.89. The highest BCUT2D eigenvalue weighted by atomic mass is 32.1. The van der Waals surface area contributed by atoms with Crippen LogP contribution >= 0.6 is 11.3 Å². The van der Waals surface area contributed by atoms with Crippen molar-refractivity contribution in [3.8, 4) is 5.75 Å². The largest absolute Gasteiger partial charge is 0.497 e. The summed E-state index contributed by atoms with van der Waals surface area (Å²) in [5, 5.41) is 4.56. The summed E-state index contributed by atoms with van der Waals surface area (Å²) >= 11 is 1.74. The Bertz CT molecular complexity index is 1060. The monoisotopic (exact) mass is 375 g/mol. The second-order valence-electron chi connectivity index (χ2n) is 6.42. The number of methoxy groups -OCH3 is 1. The molecule has 1 N–H and O–H groups in total. The van der Waals surface area contributed by atoms with E-state index >= 15 is 0 Å². The summed E-state index contributed by atoms with van der Waals surface area (Å²) in [6.45, 7) is 2.62. The van der Waals surface area contributed by atoms with Gasteiger partial charge in [-0.1, -0.05) is 42.5 Å². The molecule has 0 spiro atoms. The van der Waals surface area contributed by atoms with E-state index in [1.807, 2.05) is 31.2 Å². The Morgan fingerprint density at radius 1 is 0.963 bits per heavy atom. The van der Waals surface area contributed by atoms with Crippen LogP contribution in [0.15, 0.2) is 60.7 Å². The highest BCUT2D eigenvalue weighted by molar-refractivity contribution is 7.18. The number of benzene rings is 2. The third-order valence-electron chi connectivity index (χ3n) is 4.37. The van der Waals surface area contributed by atoms with Crippen molar-refractivity contribution in [2.45, 2.75) is 19.9 Å². The molecule has 2 aromatic carbocycles. The molecule has 0 amide bonds. The Balaban J connectivity index is 1.59. The van der Waals surface area contributed by atoms with Crippen molar-refractivity contribution in [3.05, 3.63) is 82.5 Å². The lowest BCUT2D eigenvalue weighted by atomic mass is 10.1. The SMILES string of the molecule is COc1cccc(CNc2nc(C)nc3sc(Cc4ccccc4)cc23)c1. The van der Waals surface area contributed by atoms with Gasteiger partial charge in [-0.25, -0.2) is 9.97 Å². The van der Waals surface area contributed by atoms with Crippen LogP contribution in [0, 0.1) is 6.92 Å². The molecule has 0 bridgehead atoms. The summed E-state index contributed by atoms with van der Waals surface area (Å²) in [7, 11) is 1.68. The van der Waals surface area contributed by atoms with E-state index in [1.54, 1.807) is 18.4 Å². The molecule has 27 heavy (non-hydrogen) atoms. The normalized spacial score (nSPS) is 10.9. The Morgan fingerprint density at radius 3 is 2.59 bits per heavy atom. The molecule has 4 nitrogen and oxygen atoms in total. The number of anilines is 1. The van der Waals surface area contributed by atoms with Gasteiger partial charge in [0.2, 0.25) is 0 Å². The van der Waals surface area contributed by atoms with Crippen molar-refractivity contribution >= 4 is 27.4 Å². The molecule has 0 saturated heterocycles. The van der Waals surface area contributed by atoms with Crippen LogP contribution in [0.5, 0.6) is 5.75 Å². The number of nitrogens with one attached hydrogen (secondary N) is 1. The minimum Gasteiger partial charge on any atom is -0.497 e. The summed E-state index contributed by atoms with van der Waals surface area (Å²) in [6.07, 6.45) is 0.913. The number of aryl methyl sites for hydroxylation is 1. The Hall–Kier alpha value is -2.92. The quantitative estimate of drug-likeness (QED) is 0.502. The van der Waals surface area contributed by atoms with E-state index in [2.05, 4.69) is 51.7 Å². The molecule has 0 atom stereocenters. The van der Waals surface area contributed by atoms with Crippen molar-refractivity contribution in [2.24, 2.45) is 0 Å². The zero-order valence-electron chi connectivity index (χ0n) is 15.4. The highest BCUT2D eigenvalue weighted by Gasteiger charge is 2.11. The van der Waals surface area contributed by atoms with Crippen LogP contribution in [-0.2, 0) is 13.0 Å². The lowest BCUT2D eigenvalue weighted by Crippen LogP contribution is -2.03. The van der Waals surface area contributed by atoms with E-state index in [1.165, 1.54) is 10.4 Å². The van der Waals surface area contributed by atoms with Crippen LogP contribution in [0.3, 0.4) is 0 Å². The summed E-state index contributed by atoms with van der Waals surface area (Å²) < 4.78 is 5.30. The van der Waals surface area contributed by atoms with Crippen molar-refractivity contribution in [3.63, 3.8) is 0 Å². The zero-order valence-corrected chi connectivity index (χ0v) is 16.2. The van der Waals surface area contributed by atoms with Crippen LogP contribution in [0.1, 0.15) is 21.8 Å². The van der Waals surface area contributed by atoms with E-state index in [0.29, 0.717) is 6.54 Å². The molecular formula is C22H21N3OS. The van der Waals surface area contributed by atoms with E-state index in [9.17, 15) is 0 Å². The fourth-order valence-corrected chi connectivity index (χ4v) is 4.17. The van der Waals surface area contributed by atoms with Gasteiger partial charge in [0.1, 0.15) is 22.2 Å². The van der Waals surface area contributed by atoms with Crippen molar-refractivity contribution < 1.29 is 4.74 Å². The van der Waals surface area contributed by atoms with Crippen molar-refractivity contribution in [2.75, 3.05) is 12.4 Å². The standard InChI is InChI=1S/C22H21N3OS/c1-15-24-21(23-14-17-9-6-10-18(11-17)26-2)20-13-19(27-22(20)25-15)12-16-7-4-3-5-8-16/h3-11,13H,12,14H2,1-2H3,(H,23,24,25). The first kappa shape index (κ1) is 17.5. The number of aromatic nitrogens is 2. The summed E-state index contributed by atoms with van der Waals surface area (Å²) in [5.74, 6) is 2.53. The highest BCUT2D eigenvalue weighted by Crippen LogP contribution is 2.30. The number of thiophene rings is 1. The summed E-state index contributed by atoms with van der Waals surface area (Å²) in [6, 6.07) is 20.8. The number of hydrogen-bond acceptors (Lipinski definition) is 5. The fourth-order valence-electron chi connectivity index (χ4n) is 3.07. The topological polar surface area (TPSA) is 47.0 Å². The van der Waals surface area contributed by atoms with Gasteiger partial charge >= 0.3 is 0 Å². The van der Waals surface area contributed by atoms with Crippen LogP contribution in [0.2, 0.25) is 0 Å².